The van der Waals surface area contributed by atoms with Crippen LogP contribution in [0.2, 0.25) is 0 Å². The highest BCUT2D eigenvalue weighted by atomic mass is 16.5. The van der Waals surface area contributed by atoms with Crippen LogP contribution >= 0.6 is 0 Å². The molecule has 2 aromatic rings. The van der Waals surface area contributed by atoms with Crippen LogP contribution in [-0.2, 0) is 9.59 Å². The summed E-state index contributed by atoms with van der Waals surface area (Å²) in [5.74, 6) is -0.0868. The molecule has 7 heteroatoms. The van der Waals surface area contributed by atoms with Crippen LogP contribution in [0.25, 0.3) is 0 Å². The summed E-state index contributed by atoms with van der Waals surface area (Å²) >= 11 is 0. The minimum atomic E-state index is -0.494. The van der Waals surface area contributed by atoms with Gasteiger partial charge in [-0.05, 0) is 42.3 Å². The zero-order valence-electron chi connectivity index (χ0n) is 17.5. The molecule has 7 nitrogen and oxygen atoms in total. The number of anilines is 2. The van der Waals surface area contributed by atoms with Crippen molar-refractivity contribution in [3.8, 4) is 5.75 Å². The Kier molecular flexibility index (Phi) is 6.72. The molecule has 0 saturated carbocycles. The van der Waals surface area contributed by atoms with Crippen molar-refractivity contribution >= 4 is 29.1 Å². The maximum Gasteiger partial charge on any atom is 0.253 e. The van der Waals surface area contributed by atoms with Crippen molar-refractivity contribution in [1.82, 2.24) is 5.32 Å². The molecule has 1 atom stereocenters. The quantitative estimate of drug-likeness (QED) is 0.736. The van der Waals surface area contributed by atoms with Gasteiger partial charge in [0.15, 0.2) is 0 Å². The first-order chi connectivity index (χ1) is 14.4. The summed E-state index contributed by atoms with van der Waals surface area (Å²) in [5, 5.41) is 5.70. The highest BCUT2D eigenvalue weighted by molar-refractivity contribution is 6.07. The molecule has 0 unspecified atom stereocenters. The molecule has 2 aromatic carbocycles. The van der Waals surface area contributed by atoms with E-state index in [0.29, 0.717) is 36.0 Å². The number of para-hydroxylation sites is 1. The van der Waals surface area contributed by atoms with Gasteiger partial charge in [-0.15, -0.1) is 0 Å². The third kappa shape index (κ3) is 4.97. The van der Waals surface area contributed by atoms with E-state index in [1.165, 1.54) is 0 Å². The van der Waals surface area contributed by atoms with Crippen molar-refractivity contribution in [3.05, 3.63) is 54.1 Å². The van der Waals surface area contributed by atoms with Gasteiger partial charge in [0.2, 0.25) is 11.8 Å². The Morgan fingerprint density at radius 2 is 1.83 bits per heavy atom. The molecule has 1 fully saturated rings. The minimum absolute atomic E-state index is 0.108. The summed E-state index contributed by atoms with van der Waals surface area (Å²) in [4.78, 5) is 39.4. The lowest BCUT2D eigenvalue weighted by atomic mass is 10.1. The van der Waals surface area contributed by atoms with Gasteiger partial charge in [0, 0.05) is 25.2 Å². The molecule has 158 valence electrons. The number of carbonyl (C=O) groups excluding carboxylic acids is 3. The fraction of sp³-hybridized carbons (Fsp3) is 0.348. The third-order valence-electron chi connectivity index (χ3n) is 4.98. The van der Waals surface area contributed by atoms with Gasteiger partial charge >= 0.3 is 0 Å². The summed E-state index contributed by atoms with van der Waals surface area (Å²) in [7, 11) is 1.58. The van der Waals surface area contributed by atoms with E-state index in [2.05, 4.69) is 10.6 Å². The van der Waals surface area contributed by atoms with Crippen LogP contribution in [0, 0.1) is 11.8 Å². The SMILES string of the molecule is COc1ccc(N2C[C@@H](C(=O)Nc3ccccc3C(=O)NCC(C)C)CC2=O)cc1. The Morgan fingerprint density at radius 3 is 2.50 bits per heavy atom. The van der Waals surface area contributed by atoms with Crippen LogP contribution in [0.15, 0.2) is 48.5 Å². The lowest BCUT2D eigenvalue weighted by Crippen LogP contribution is -2.30. The van der Waals surface area contributed by atoms with E-state index in [1.807, 2.05) is 13.8 Å². The van der Waals surface area contributed by atoms with Crippen molar-refractivity contribution < 1.29 is 19.1 Å². The summed E-state index contributed by atoms with van der Waals surface area (Å²) in [5.41, 5.74) is 1.58. The van der Waals surface area contributed by atoms with Crippen LogP contribution in [-0.4, -0.2) is 37.9 Å². The monoisotopic (exact) mass is 409 g/mol. The second kappa shape index (κ2) is 9.43. The predicted octanol–water partition coefficient (Wildman–Crippen LogP) is 3.07. The molecular formula is C23H27N3O4. The van der Waals surface area contributed by atoms with Gasteiger partial charge < -0.3 is 20.3 Å². The maximum atomic E-state index is 12.8. The summed E-state index contributed by atoms with van der Waals surface area (Å²) in [6.45, 7) is 4.87. The molecule has 1 aliphatic heterocycles. The van der Waals surface area contributed by atoms with Crippen LogP contribution in [0.3, 0.4) is 0 Å². The van der Waals surface area contributed by atoms with Crippen LogP contribution in [0.1, 0.15) is 30.6 Å². The zero-order chi connectivity index (χ0) is 21.7. The molecule has 3 amide bonds. The van der Waals surface area contributed by atoms with E-state index in [1.54, 1.807) is 60.5 Å². The van der Waals surface area contributed by atoms with E-state index < -0.39 is 5.92 Å². The van der Waals surface area contributed by atoms with E-state index in [9.17, 15) is 14.4 Å². The largest absolute Gasteiger partial charge is 0.497 e. The summed E-state index contributed by atoms with van der Waals surface area (Å²) in [6.07, 6.45) is 0.125. The number of ether oxygens (including phenoxy) is 1. The highest BCUT2D eigenvalue weighted by Gasteiger charge is 2.35. The van der Waals surface area contributed by atoms with Gasteiger partial charge in [-0.1, -0.05) is 26.0 Å². The number of hydrogen-bond acceptors (Lipinski definition) is 4. The molecule has 0 aromatic heterocycles. The van der Waals surface area contributed by atoms with Crippen LogP contribution in [0.5, 0.6) is 5.75 Å². The Bertz CT molecular complexity index is 924. The first-order valence-corrected chi connectivity index (χ1v) is 10.0. The molecule has 1 aliphatic rings. The predicted molar refractivity (Wildman–Crippen MR) is 116 cm³/mol. The number of hydrogen-bond donors (Lipinski definition) is 2. The van der Waals surface area contributed by atoms with Crippen LogP contribution < -0.4 is 20.3 Å². The fourth-order valence-electron chi connectivity index (χ4n) is 3.31. The van der Waals surface area contributed by atoms with Crippen molar-refractivity contribution in [2.45, 2.75) is 20.3 Å². The van der Waals surface area contributed by atoms with Gasteiger partial charge in [-0.2, -0.15) is 0 Å². The number of nitrogens with one attached hydrogen (secondary N) is 2. The van der Waals surface area contributed by atoms with E-state index in [-0.39, 0.29) is 24.1 Å². The van der Waals surface area contributed by atoms with E-state index in [0.717, 1.165) is 5.69 Å². The van der Waals surface area contributed by atoms with E-state index >= 15 is 0 Å². The van der Waals surface area contributed by atoms with Gasteiger partial charge in [0.1, 0.15) is 5.75 Å². The number of methoxy groups -OCH3 is 1. The fourth-order valence-corrected chi connectivity index (χ4v) is 3.31. The standard InChI is InChI=1S/C23H27N3O4/c1-15(2)13-24-23(29)19-6-4-5-7-20(19)25-22(28)16-12-21(27)26(14-16)17-8-10-18(30-3)11-9-17/h4-11,15-16H,12-14H2,1-3H3,(H,24,29)(H,25,28)/t16-/m0/s1. The number of carbonyl (C=O) groups is 3. The molecule has 1 heterocycles. The maximum absolute atomic E-state index is 12.8. The molecule has 0 bridgehead atoms. The normalized spacial score (nSPS) is 15.9. The molecule has 0 radical (unpaired) electrons. The molecule has 3 rings (SSSR count). The third-order valence-corrected chi connectivity index (χ3v) is 4.98. The lowest BCUT2D eigenvalue weighted by molar-refractivity contribution is -0.122. The van der Waals surface area contributed by atoms with Crippen molar-refractivity contribution in [3.63, 3.8) is 0 Å². The molecule has 30 heavy (non-hydrogen) atoms. The Balaban J connectivity index is 1.68. The van der Waals surface area contributed by atoms with Crippen molar-refractivity contribution in [2.24, 2.45) is 11.8 Å². The number of rotatable bonds is 7. The molecule has 2 N–H and O–H groups in total. The second-order valence-electron chi connectivity index (χ2n) is 7.74. The number of benzene rings is 2. The zero-order valence-corrected chi connectivity index (χ0v) is 17.5. The highest BCUT2D eigenvalue weighted by Crippen LogP contribution is 2.28. The smallest absolute Gasteiger partial charge is 0.253 e. The van der Waals surface area contributed by atoms with Gasteiger partial charge in [0.05, 0.1) is 24.3 Å². The van der Waals surface area contributed by atoms with Gasteiger partial charge in [-0.25, -0.2) is 0 Å². The van der Waals surface area contributed by atoms with E-state index in [4.69, 9.17) is 4.74 Å². The Hall–Kier alpha value is -3.35. The van der Waals surface area contributed by atoms with Crippen LogP contribution in [0.4, 0.5) is 11.4 Å². The Morgan fingerprint density at radius 1 is 1.13 bits per heavy atom. The number of nitrogens with zero attached hydrogens (tertiary/aromatic N) is 1. The average Bonchev–Trinajstić information content (AvgIpc) is 3.14. The summed E-state index contributed by atoms with van der Waals surface area (Å²) < 4.78 is 5.14. The minimum Gasteiger partial charge on any atom is -0.497 e. The lowest BCUT2D eigenvalue weighted by Gasteiger charge is -2.17. The summed E-state index contributed by atoms with van der Waals surface area (Å²) in [6, 6.07) is 14.0. The Labute approximate surface area is 176 Å². The molecular weight excluding hydrogens is 382 g/mol. The molecule has 0 spiro atoms. The van der Waals surface area contributed by atoms with Crippen molar-refractivity contribution in [1.29, 1.82) is 0 Å². The molecule has 1 saturated heterocycles. The first-order valence-electron chi connectivity index (χ1n) is 10.0. The van der Waals surface area contributed by atoms with Crippen molar-refractivity contribution in [2.75, 3.05) is 30.4 Å². The molecule has 0 aliphatic carbocycles. The average molecular weight is 409 g/mol. The topological polar surface area (TPSA) is 87.7 Å². The second-order valence-corrected chi connectivity index (χ2v) is 7.74. The van der Waals surface area contributed by atoms with Gasteiger partial charge in [-0.3, -0.25) is 14.4 Å². The van der Waals surface area contributed by atoms with Gasteiger partial charge in [0.25, 0.3) is 5.91 Å². The first kappa shape index (κ1) is 21.4. The number of amides is 3.